The van der Waals surface area contributed by atoms with E-state index in [-0.39, 0.29) is 17.3 Å². The minimum atomic E-state index is -0.713. The zero-order chi connectivity index (χ0) is 15.1. The van der Waals surface area contributed by atoms with Crippen molar-refractivity contribution in [3.05, 3.63) is 41.0 Å². The third-order valence-electron chi connectivity index (χ3n) is 3.60. The first-order valence-electron chi connectivity index (χ1n) is 6.19. The van der Waals surface area contributed by atoms with E-state index in [1.54, 1.807) is 23.1 Å². The minimum absolute atomic E-state index is 0.0580. The number of carbonyl (C=O) groups is 1. The van der Waals surface area contributed by atoms with Gasteiger partial charge in [0.1, 0.15) is 5.76 Å². The summed E-state index contributed by atoms with van der Waals surface area (Å²) in [6.45, 7) is 7.67. The first kappa shape index (κ1) is 14.0. The molecule has 1 heterocycles. The van der Waals surface area contributed by atoms with Crippen LogP contribution < -0.4 is 10.7 Å². The number of rotatable bonds is 4. The first-order chi connectivity index (χ1) is 9.28. The summed E-state index contributed by atoms with van der Waals surface area (Å²) in [7, 11) is 1.52. The maximum atomic E-state index is 12.5. The molecule has 1 aliphatic rings. The maximum absolute atomic E-state index is 12.5. The van der Waals surface area contributed by atoms with Crippen LogP contribution in [0.2, 0.25) is 0 Å². The first-order valence-corrected chi connectivity index (χ1v) is 6.19. The van der Waals surface area contributed by atoms with Crippen LogP contribution >= 0.6 is 0 Å². The average molecular weight is 276 g/mol. The highest BCUT2D eigenvalue weighted by Crippen LogP contribution is 2.43. The van der Waals surface area contributed by atoms with Crippen LogP contribution in [0.15, 0.2) is 30.5 Å². The molecule has 0 fully saturated rings. The molecule has 0 radical (unpaired) electrons. The van der Waals surface area contributed by atoms with Crippen LogP contribution in [0.25, 0.3) is 0 Å². The van der Waals surface area contributed by atoms with Crippen molar-refractivity contribution in [2.24, 2.45) is 5.84 Å². The monoisotopic (exact) mass is 276 g/mol. The van der Waals surface area contributed by atoms with Gasteiger partial charge >= 0.3 is 0 Å². The molecule has 1 aromatic rings. The summed E-state index contributed by atoms with van der Waals surface area (Å²) in [6.07, 6.45) is 0. The van der Waals surface area contributed by atoms with E-state index < -0.39 is 5.41 Å². The summed E-state index contributed by atoms with van der Waals surface area (Å²) in [6, 6.07) is 4.96. The van der Waals surface area contributed by atoms with Crippen molar-refractivity contribution in [2.45, 2.75) is 19.3 Å². The summed E-state index contributed by atoms with van der Waals surface area (Å²) in [5.41, 5.74) is 1.13. The molecule has 6 heteroatoms. The lowest BCUT2D eigenvalue weighted by atomic mass is 9.86. The zero-order valence-corrected chi connectivity index (χ0v) is 11.8. The number of carbonyl (C=O) groups excluding carboxylic acids is 1. The van der Waals surface area contributed by atoms with Crippen LogP contribution in [0.4, 0.5) is 11.4 Å². The number of fused-ring (bicyclic) bond motifs is 1. The Kier molecular flexibility index (Phi) is 3.25. The Balaban J connectivity index is 2.51. The van der Waals surface area contributed by atoms with E-state index in [0.29, 0.717) is 11.4 Å². The minimum Gasteiger partial charge on any atom is -0.500 e. The van der Waals surface area contributed by atoms with Crippen molar-refractivity contribution >= 4 is 17.3 Å². The van der Waals surface area contributed by atoms with Gasteiger partial charge in [0.15, 0.2) is 4.87 Å². The lowest BCUT2D eigenvalue weighted by molar-refractivity contribution is -0.474. The van der Waals surface area contributed by atoms with Crippen molar-refractivity contribution in [1.29, 1.82) is 0 Å². The van der Waals surface area contributed by atoms with Crippen LogP contribution in [-0.2, 0) is 14.9 Å². The predicted molar refractivity (Wildman–Crippen MR) is 75.4 cm³/mol. The molecule has 6 nitrogen and oxygen atoms in total. The Morgan fingerprint density at radius 3 is 2.70 bits per heavy atom. The fourth-order valence-electron chi connectivity index (χ4n) is 2.36. The number of anilines is 1. The molecule has 1 amide bonds. The molecular weight excluding hydrogens is 258 g/mol. The highest BCUT2D eigenvalue weighted by molar-refractivity contribution is 6.08. The summed E-state index contributed by atoms with van der Waals surface area (Å²) >= 11 is 0. The van der Waals surface area contributed by atoms with Gasteiger partial charge in [0.2, 0.25) is 5.91 Å². The standard InChI is InChI=1S/C14H18N3O3/c1-9(20-4)8-16-12-6-5-10(17(15)19)7-11(12)14(2,3)13(16)18/h5-7H,1,8H2,2-4H3,(H2,15,19)/q+1. The largest absolute Gasteiger partial charge is 0.500 e. The van der Waals surface area contributed by atoms with Crippen LogP contribution in [0.1, 0.15) is 19.4 Å². The molecule has 0 aromatic heterocycles. The highest BCUT2D eigenvalue weighted by atomic mass is 16.5. The van der Waals surface area contributed by atoms with Gasteiger partial charge in [0.05, 0.1) is 24.0 Å². The second kappa shape index (κ2) is 4.63. The van der Waals surface area contributed by atoms with Gasteiger partial charge in [0, 0.05) is 17.8 Å². The lowest BCUT2D eigenvalue weighted by Crippen LogP contribution is -2.37. The van der Waals surface area contributed by atoms with Gasteiger partial charge in [-0.05, 0) is 25.5 Å². The third kappa shape index (κ3) is 2.03. The summed E-state index contributed by atoms with van der Waals surface area (Å²) in [4.78, 5) is 25.6. The van der Waals surface area contributed by atoms with Crippen molar-refractivity contribution in [3.63, 3.8) is 0 Å². The SMILES string of the molecule is C=C(CN1C(=O)C(C)(C)c2cc([N+](N)=O)ccc21)OC. The van der Waals surface area contributed by atoms with E-state index in [1.807, 2.05) is 13.8 Å². The van der Waals surface area contributed by atoms with Gasteiger partial charge in [0.25, 0.3) is 5.69 Å². The third-order valence-corrected chi connectivity index (χ3v) is 3.60. The van der Waals surface area contributed by atoms with Crippen LogP contribution in [0.5, 0.6) is 0 Å². The molecule has 2 N–H and O–H groups in total. The molecule has 0 aliphatic carbocycles. The molecule has 0 spiro atoms. The molecule has 106 valence electrons. The molecule has 20 heavy (non-hydrogen) atoms. The van der Waals surface area contributed by atoms with Crippen molar-refractivity contribution in [3.8, 4) is 0 Å². The molecule has 0 unspecified atom stereocenters. The number of hydrogen-bond acceptors (Lipinski definition) is 3. The fourth-order valence-corrected chi connectivity index (χ4v) is 2.36. The fraction of sp³-hybridized carbons (Fsp3) is 0.357. The number of hydrazine groups is 1. The summed E-state index contributed by atoms with van der Waals surface area (Å²) < 4.78 is 5.04. The predicted octanol–water partition coefficient (Wildman–Crippen LogP) is 1.76. The zero-order valence-electron chi connectivity index (χ0n) is 11.8. The van der Waals surface area contributed by atoms with E-state index in [1.165, 1.54) is 7.11 Å². The van der Waals surface area contributed by atoms with E-state index in [9.17, 15) is 9.70 Å². The number of nitroso groups, excluding NO2 is 1. The molecule has 1 aliphatic heterocycles. The molecule has 0 atom stereocenters. The molecule has 0 bridgehead atoms. The Hall–Kier alpha value is -2.37. The number of hydrogen-bond donors (Lipinski definition) is 1. The second-order valence-electron chi connectivity index (χ2n) is 5.29. The van der Waals surface area contributed by atoms with E-state index in [4.69, 9.17) is 10.6 Å². The van der Waals surface area contributed by atoms with Crippen LogP contribution in [0.3, 0.4) is 0 Å². The van der Waals surface area contributed by atoms with Gasteiger partial charge in [-0.1, -0.05) is 6.58 Å². The Labute approximate surface area is 117 Å². The number of nitrogens with two attached hydrogens (primary N) is 1. The number of benzene rings is 1. The van der Waals surface area contributed by atoms with Crippen molar-refractivity contribution < 1.29 is 14.4 Å². The van der Waals surface area contributed by atoms with E-state index in [2.05, 4.69) is 6.58 Å². The van der Waals surface area contributed by atoms with Gasteiger partial charge in [-0.2, -0.15) is 5.84 Å². The van der Waals surface area contributed by atoms with E-state index >= 15 is 0 Å². The summed E-state index contributed by atoms with van der Waals surface area (Å²) in [5.74, 6) is 5.65. The normalized spacial score (nSPS) is 15.9. The average Bonchev–Trinajstić information content (AvgIpc) is 2.59. The number of nitrogens with zero attached hydrogens (tertiary/aromatic N) is 2. The number of amides is 1. The van der Waals surface area contributed by atoms with Crippen LogP contribution in [0, 0.1) is 4.91 Å². The summed E-state index contributed by atoms with van der Waals surface area (Å²) in [5, 5.41) is 0. The molecule has 2 rings (SSSR count). The quantitative estimate of drug-likeness (QED) is 0.393. The molecule has 0 saturated heterocycles. The van der Waals surface area contributed by atoms with Crippen molar-refractivity contribution in [2.75, 3.05) is 18.6 Å². The van der Waals surface area contributed by atoms with Gasteiger partial charge < -0.3 is 9.64 Å². The van der Waals surface area contributed by atoms with Crippen molar-refractivity contribution in [1.82, 2.24) is 0 Å². The van der Waals surface area contributed by atoms with Gasteiger partial charge in [-0.15, -0.1) is 0 Å². The Morgan fingerprint density at radius 1 is 1.50 bits per heavy atom. The Bertz CT molecular complexity index is 608. The molecule has 0 saturated carbocycles. The number of ether oxygens (including phenoxy) is 1. The maximum Gasteiger partial charge on any atom is 0.292 e. The molecule has 1 aromatic carbocycles. The van der Waals surface area contributed by atoms with Gasteiger partial charge in [-0.3, -0.25) is 4.79 Å². The molecular formula is C14H18N3O3+. The Morgan fingerprint density at radius 2 is 2.15 bits per heavy atom. The topological polar surface area (TPSA) is 75.6 Å². The van der Waals surface area contributed by atoms with Crippen LogP contribution in [-0.4, -0.2) is 24.4 Å². The second-order valence-corrected chi connectivity index (χ2v) is 5.29. The number of methoxy groups -OCH3 is 1. The highest BCUT2D eigenvalue weighted by Gasteiger charge is 2.44. The van der Waals surface area contributed by atoms with Gasteiger partial charge in [-0.25, -0.2) is 0 Å². The van der Waals surface area contributed by atoms with E-state index in [0.717, 1.165) is 11.3 Å². The lowest BCUT2D eigenvalue weighted by Gasteiger charge is -2.20. The smallest absolute Gasteiger partial charge is 0.292 e.